The first kappa shape index (κ1) is 21.6. The molecule has 0 N–H and O–H groups in total. The number of carbonyl (C=O) groups is 1. The van der Waals surface area contributed by atoms with Crippen molar-refractivity contribution in [3.05, 3.63) is 86.0 Å². The Morgan fingerprint density at radius 3 is 2.59 bits per heavy atom. The summed E-state index contributed by atoms with van der Waals surface area (Å²) in [5.41, 5.74) is 2.44. The largest absolute Gasteiger partial charge is 0.293 e. The zero-order chi connectivity index (χ0) is 23.2. The third-order valence-electron chi connectivity index (χ3n) is 6.10. The van der Waals surface area contributed by atoms with Crippen molar-refractivity contribution in [1.29, 1.82) is 0 Å². The molecule has 0 aliphatic heterocycles. The molecule has 3 aromatic heterocycles. The maximum atomic E-state index is 13.8. The van der Waals surface area contributed by atoms with E-state index in [1.165, 1.54) is 16.6 Å². The normalized spacial score (nSPS) is 13.4. The van der Waals surface area contributed by atoms with Crippen LogP contribution in [0.4, 0.5) is 0 Å². The molecule has 0 spiro atoms. The van der Waals surface area contributed by atoms with Crippen molar-refractivity contribution in [2.75, 3.05) is 5.75 Å². The Morgan fingerprint density at radius 2 is 1.79 bits per heavy atom. The van der Waals surface area contributed by atoms with Crippen molar-refractivity contribution in [2.45, 2.75) is 30.8 Å². The summed E-state index contributed by atoms with van der Waals surface area (Å²) in [5.74, 6) is 0.652. The number of thioether (sulfide) groups is 1. The quantitative estimate of drug-likeness (QED) is 0.229. The van der Waals surface area contributed by atoms with Gasteiger partial charge in [-0.2, -0.15) is 0 Å². The summed E-state index contributed by atoms with van der Waals surface area (Å²) >= 11 is 8.94. The van der Waals surface area contributed by atoms with Gasteiger partial charge >= 0.3 is 0 Å². The minimum atomic E-state index is -0.0608. The number of aryl methyl sites for hydroxylation is 2. The molecule has 0 saturated carbocycles. The first-order valence-corrected chi connectivity index (χ1v) is 13.2. The lowest BCUT2D eigenvalue weighted by atomic mass is 9.97. The third-order valence-corrected chi connectivity index (χ3v) is 8.56. The lowest BCUT2D eigenvalue weighted by molar-refractivity contribution is 0.102. The van der Waals surface area contributed by atoms with Gasteiger partial charge in [-0.25, -0.2) is 8.97 Å². The van der Waals surface area contributed by atoms with Crippen molar-refractivity contribution in [3.8, 4) is 5.69 Å². The van der Waals surface area contributed by atoms with Crippen molar-refractivity contribution in [1.82, 2.24) is 19.2 Å². The second-order valence-corrected chi connectivity index (χ2v) is 10.7. The van der Waals surface area contributed by atoms with Crippen molar-refractivity contribution >= 4 is 56.5 Å². The lowest BCUT2D eigenvalue weighted by Gasteiger charge is -2.12. The molecule has 0 bridgehead atoms. The molecule has 170 valence electrons. The van der Waals surface area contributed by atoms with E-state index in [1.54, 1.807) is 40.2 Å². The summed E-state index contributed by atoms with van der Waals surface area (Å²) in [4.78, 5) is 28.7. The highest BCUT2D eigenvalue weighted by Crippen LogP contribution is 2.36. The van der Waals surface area contributed by atoms with Crippen LogP contribution in [0.3, 0.4) is 0 Å². The number of Topliss-reactive ketones (excluding diaryl/α,β-unsaturated/α-hetero) is 1. The van der Waals surface area contributed by atoms with E-state index in [9.17, 15) is 9.59 Å². The smallest absolute Gasteiger partial charge is 0.268 e. The highest BCUT2D eigenvalue weighted by molar-refractivity contribution is 7.99. The maximum absolute atomic E-state index is 13.8. The summed E-state index contributed by atoms with van der Waals surface area (Å²) in [5, 5.41) is 10.8. The second-order valence-electron chi connectivity index (χ2n) is 8.20. The molecule has 0 radical (unpaired) electrons. The minimum Gasteiger partial charge on any atom is -0.293 e. The Hall–Kier alpha value is -2.94. The number of fused-ring (bicyclic) bond motifs is 5. The van der Waals surface area contributed by atoms with E-state index in [0.29, 0.717) is 21.5 Å². The van der Waals surface area contributed by atoms with Gasteiger partial charge in [0.25, 0.3) is 5.56 Å². The number of hydrogen-bond donors (Lipinski definition) is 0. The fourth-order valence-corrected chi connectivity index (χ4v) is 6.86. The topological polar surface area (TPSA) is 69.3 Å². The molecular weight excluding hydrogens is 488 g/mol. The number of aromatic nitrogens is 4. The molecule has 5 aromatic rings. The first-order chi connectivity index (χ1) is 16.6. The van der Waals surface area contributed by atoms with E-state index in [1.807, 2.05) is 34.7 Å². The first-order valence-electron chi connectivity index (χ1n) is 11.0. The van der Waals surface area contributed by atoms with Crippen LogP contribution >= 0.6 is 34.7 Å². The molecular formula is C25H19ClN4O2S2. The molecule has 6 nitrogen and oxygen atoms in total. The maximum Gasteiger partial charge on any atom is 0.268 e. The molecule has 6 rings (SSSR count). The van der Waals surface area contributed by atoms with Crippen LogP contribution in [0.2, 0.25) is 5.02 Å². The highest BCUT2D eigenvalue weighted by Gasteiger charge is 2.25. The van der Waals surface area contributed by atoms with E-state index in [4.69, 9.17) is 11.6 Å². The van der Waals surface area contributed by atoms with Crippen molar-refractivity contribution in [2.24, 2.45) is 0 Å². The fraction of sp³-hybridized carbons (Fsp3) is 0.200. The van der Waals surface area contributed by atoms with Gasteiger partial charge < -0.3 is 0 Å². The molecule has 34 heavy (non-hydrogen) atoms. The van der Waals surface area contributed by atoms with Crippen LogP contribution in [0.5, 0.6) is 0 Å². The van der Waals surface area contributed by atoms with Gasteiger partial charge in [-0.05, 0) is 67.6 Å². The Labute approximate surface area is 208 Å². The average Bonchev–Trinajstić information content (AvgIpc) is 3.45. The molecule has 3 heterocycles. The van der Waals surface area contributed by atoms with Crippen LogP contribution in [0.1, 0.15) is 33.6 Å². The number of rotatable bonds is 5. The van der Waals surface area contributed by atoms with E-state index in [0.717, 1.165) is 47.2 Å². The molecule has 1 aliphatic carbocycles. The van der Waals surface area contributed by atoms with Crippen molar-refractivity contribution < 1.29 is 4.79 Å². The number of halogens is 1. The second kappa shape index (κ2) is 8.69. The Kier molecular flexibility index (Phi) is 5.51. The summed E-state index contributed by atoms with van der Waals surface area (Å²) in [6, 6.07) is 16.4. The van der Waals surface area contributed by atoms with Gasteiger partial charge in [0.05, 0.1) is 16.8 Å². The summed E-state index contributed by atoms with van der Waals surface area (Å²) < 4.78 is 3.59. The number of thiophene rings is 1. The van der Waals surface area contributed by atoms with E-state index in [-0.39, 0.29) is 17.1 Å². The molecule has 0 fully saturated rings. The number of benzene rings is 2. The summed E-state index contributed by atoms with van der Waals surface area (Å²) in [7, 11) is 0. The van der Waals surface area contributed by atoms with Gasteiger partial charge in [0, 0.05) is 15.5 Å². The summed E-state index contributed by atoms with van der Waals surface area (Å²) in [6.07, 6.45) is 4.11. The van der Waals surface area contributed by atoms with Gasteiger partial charge in [-0.1, -0.05) is 41.6 Å². The molecule has 0 amide bonds. The molecule has 0 unspecified atom stereocenters. The Morgan fingerprint density at radius 1 is 1.03 bits per heavy atom. The molecule has 9 heteroatoms. The molecule has 0 atom stereocenters. The van der Waals surface area contributed by atoms with Gasteiger partial charge in [0.15, 0.2) is 10.9 Å². The third kappa shape index (κ3) is 3.57. The van der Waals surface area contributed by atoms with Gasteiger partial charge in [0.2, 0.25) is 5.78 Å². The van der Waals surface area contributed by atoms with Crippen LogP contribution in [0.15, 0.2) is 64.5 Å². The van der Waals surface area contributed by atoms with Gasteiger partial charge in [-0.3, -0.25) is 9.59 Å². The van der Waals surface area contributed by atoms with Gasteiger partial charge in [0.1, 0.15) is 4.83 Å². The van der Waals surface area contributed by atoms with Crippen LogP contribution in [-0.2, 0) is 12.8 Å². The number of nitrogens with zero attached hydrogens (tertiary/aromatic N) is 4. The van der Waals surface area contributed by atoms with Crippen LogP contribution in [-0.4, -0.2) is 30.7 Å². The fourth-order valence-electron chi connectivity index (χ4n) is 4.47. The van der Waals surface area contributed by atoms with Crippen LogP contribution in [0.25, 0.3) is 21.7 Å². The number of hydrogen-bond acceptors (Lipinski definition) is 6. The zero-order valence-corrected chi connectivity index (χ0v) is 20.4. The Balaban J connectivity index is 1.51. The van der Waals surface area contributed by atoms with Crippen molar-refractivity contribution in [3.63, 3.8) is 0 Å². The summed E-state index contributed by atoms with van der Waals surface area (Å²) in [6.45, 7) is 0. The van der Waals surface area contributed by atoms with E-state index >= 15 is 0 Å². The van der Waals surface area contributed by atoms with Crippen LogP contribution < -0.4 is 5.56 Å². The standard InChI is InChI=1S/C25H19ClN4O2S2/c26-16-12-10-15(11-13-16)19(31)14-33-25-28-27-24-29(17-6-2-1-3-7-17)22(32)21-18-8-4-5-9-20(18)34-23(21)30(24)25/h1-3,6-7,10-13H,4-5,8-9,14H2. The predicted molar refractivity (Wildman–Crippen MR) is 137 cm³/mol. The SMILES string of the molecule is O=C(CSc1nnc2n(-c3ccccc3)c(=O)c3c4c(sc3n12)CCCC4)c1ccc(Cl)cc1. The van der Waals surface area contributed by atoms with Gasteiger partial charge in [-0.15, -0.1) is 21.5 Å². The number of ketones is 1. The number of para-hydroxylation sites is 1. The molecule has 0 saturated heterocycles. The van der Waals surface area contributed by atoms with Crippen LogP contribution in [0, 0.1) is 0 Å². The Bertz CT molecular complexity index is 1600. The van der Waals surface area contributed by atoms with E-state index < -0.39 is 0 Å². The monoisotopic (exact) mass is 506 g/mol. The zero-order valence-electron chi connectivity index (χ0n) is 18.0. The minimum absolute atomic E-state index is 0.0171. The predicted octanol–water partition coefficient (Wildman–Crippen LogP) is 5.60. The lowest BCUT2D eigenvalue weighted by Crippen LogP contribution is -2.22. The number of carbonyl (C=O) groups excluding carboxylic acids is 1. The molecule has 2 aromatic carbocycles. The average molecular weight is 507 g/mol. The molecule has 1 aliphatic rings. The van der Waals surface area contributed by atoms with E-state index in [2.05, 4.69) is 10.2 Å². The highest BCUT2D eigenvalue weighted by atomic mass is 35.5.